The molecule has 7 heteroatoms. The molecule has 2 atom stereocenters. The summed E-state index contributed by atoms with van der Waals surface area (Å²) in [7, 11) is 1.68. The van der Waals surface area contributed by atoms with E-state index in [0.717, 1.165) is 30.7 Å². The number of nitrogens with zero attached hydrogens (tertiary/aromatic N) is 2. The van der Waals surface area contributed by atoms with E-state index < -0.39 is 12.6 Å². The third kappa shape index (κ3) is 3.99. The van der Waals surface area contributed by atoms with Crippen LogP contribution >= 0.6 is 0 Å². The smallest absolute Gasteiger partial charge is 0.341 e. The maximum absolute atomic E-state index is 13.6. The van der Waals surface area contributed by atoms with Crippen LogP contribution in [0.3, 0.4) is 0 Å². The predicted octanol–water partition coefficient (Wildman–Crippen LogP) is 3.82. The Morgan fingerprint density at radius 1 is 1.06 bits per heavy atom. The normalized spacial score (nSPS) is 21.7. The van der Waals surface area contributed by atoms with Gasteiger partial charge < -0.3 is 24.4 Å². The number of hydrogen-bond acceptors (Lipinski definition) is 5. The fraction of sp³-hybridized carbons (Fsp3) is 0.440. The van der Waals surface area contributed by atoms with E-state index in [1.165, 1.54) is 0 Å². The highest BCUT2D eigenvalue weighted by Crippen LogP contribution is 2.46. The minimum Gasteiger partial charge on any atom is -0.495 e. The van der Waals surface area contributed by atoms with Gasteiger partial charge in [0.2, 0.25) is 0 Å². The Morgan fingerprint density at radius 3 is 2.47 bits per heavy atom. The van der Waals surface area contributed by atoms with E-state index in [0.29, 0.717) is 17.9 Å². The molecule has 1 N–H and O–H groups in total. The van der Waals surface area contributed by atoms with Crippen LogP contribution in [-0.2, 0) is 4.79 Å². The number of likely N-dealkylation sites (tertiary alicyclic amines) is 1. The van der Waals surface area contributed by atoms with Crippen LogP contribution in [0.1, 0.15) is 43.5 Å². The molecule has 0 bridgehead atoms. The van der Waals surface area contributed by atoms with Crippen LogP contribution in [0.5, 0.6) is 11.5 Å². The number of benzene rings is 2. The molecule has 2 aliphatic rings. The lowest BCUT2D eigenvalue weighted by molar-refractivity contribution is -0.139. The predicted molar refractivity (Wildman–Crippen MR) is 122 cm³/mol. The lowest BCUT2D eigenvalue weighted by atomic mass is 9.93. The molecule has 7 nitrogen and oxygen atoms in total. The van der Waals surface area contributed by atoms with Gasteiger partial charge in [0.1, 0.15) is 11.5 Å². The van der Waals surface area contributed by atoms with Gasteiger partial charge >= 0.3 is 5.97 Å². The number of methoxy groups -OCH3 is 1. The van der Waals surface area contributed by atoms with E-state index in [2.05, 4.69) is 24.8 Å². The van der Waals surface area contributed by atoms with Crippen molar-refractivity contribution in [2.75, 3.05) is 25.2 Å². The Hall–Kier alpha value is -3.22. The zero-order valence-corrected chi connectivity index (χ0v) is 18.8. The van der Waals surface area contributed by atoms with E-state index in [1.807, 2.05) is 23.1 Å². The van der Waals surface area contributed by atoms with Gasteiger partial charge in [0.15, 0.2) is 6.61 Å². The van der Waals surface area contributed by atoms with Crippen molar-refractivity contribution < 1.29 is 24.2 Å². The third-order valence-electron chi connectivity index (χ3n) is 6.51. The molecule has 4 rings (SSSR count). The number of amides is 1. The minimum atomic E-state index is -1.07. The average molecular weight is 439 g/mol. The van der Waals surface area contributed by atoms with Crippen molar-refractivity contribution >= 4 is 17.6 Å². The number of fused-ring (bicyclic) bond motifs is 1. The van der Waals surface area contributed by atoms with Crippen LogP contribution in [0.2, 0.25) is 0 Å². The van der Waals surface area contributed by atoms with Gasteiger partial charge in [-0.25, -0.2) is 4.79 Å². The molecule has 1 amide bonds. The first-order chi connectivity index (χ1) is 15.3. The number of carbonyl (C=O) groups excluding carboxylic acids is 1. The molecule has 0 spiro atoms. The highest BCUT2D eigenvalue weighted by molar-refractivity contribution is 5.97. The van der Waals surface area contributed by atoms with Crippen molar-refractivity contribution in [2.45, 2.75) is 50.7 Å². The first-order valence-electron chi connectivity index (χ1n) is 11.0. The number of carboxylic acid groups (broad SMARTS) is 1. The molecule has 2 aromatic rings. The standard InChI is InChI=1S/C25H30N2O5/c1-25(2)15-20-18(27(25)19-10-5-7-13-22(19)31-3)11-8-14-26(20)24(30)17-9-4-6-12-21(17)32-16-23(28)29/h4-7,9-10,12-13,18,20H,8,11,14-16H2,1-3H3,(H,28,29)/t18-,20-/m0/s1. The van der Waals surface area contributed by atoms with Crippen molar-refractivity contribution in [1.29, 1.82) is 0 Å². The number of anilines is 1. The van der Waals surface area contributed by atoms with Gasteiger partial charge in [-0.1, -0.05) is 24.3 Å². The second kappa shape index (κ2) is 8.73. The van der Waals surface area contributed by atoms with Crippen LogP contribution in [0.15, 0.2) is 48.5 Å². The van der Waals surface area contributed by atoms with E-state index in [4.69, 9.17) is 14.6 Å². The number of aliphatic carboxylic acids is 1. The molecule has 2 saturated heterocycles. The Bertz CT molecular complexity index is 1010. The first kappa shape index (κ1) is 22.0. The van der Waals surface area contributed by atoms with Crippen molar-refractivity contribution in [3.05, 3.63) is 54.1 Å². The summed E-state index contributed by atoms with van der Waals surface area (Å²) in [6.07, 6.45) is 2.72. The van der Waals surface area contributed by atoms with E-state index >= 15 is 0 Å². The number of carboxylic acids is 1. The molecule has 2 heterocycles. The van der Waals surface area contributed by atoms with Crippen molar-refractivity contribution in [2.24, 2.45) is 0 Å². The summed E-state index contributed by atoms with van der Waals surface area (Å²) in [5.74, 6) is -0.0494. The lowest BCUT2D eigenvalue weighted by Crippen LogP contribution is -2.53. The third-order valence-corrected chi connectivity index (χ3v) is 6.51. The number of para-hydroxylation sites is 3. The van der Waals surface area contributed by atoms with Crippen LogP contribution in [0, 0.1) is 0 Å². The fourth-order valence-corrected chi connectivity index (χ4v) is 5.29. The number of carbonyl (C=O) groups is 2. The summed E-state index contributed by atoms with van der Waals surface area (Å²) in [5.41, 5.74) is 1.29. The highest BCUT2D eigenvalue weighted by atomic mass is 16.5. The monoisotopic (exact) mass is 438 g/mol. The van der Waals surface area contributed by atoms with E-state index in [-0.39, 0.29) is 23.5 Å². The summed E-state index contributed by atoms with van der Waals surface area (Å²) >= 11 is 0. The topological polar surface area (TPSA) is 79.3 Å². The molecule has 2 fully saturated rings. The van der Waals surface area contributed by atoms with Gasteiger partial charge in [0, 0.05) is 12.1 Å². The molecule has 2 aromatic carbocycles. The van der Waals surface area contributed by atoms with Gasteiger partial charge in [0.05, 0.1) is 30.4 Å². The molecule has 0 radical (unpaired) electrons. The van der Waals surface area contributed by atoms with Crippen LogP contribution < -0.4 is 14.4 Å². The lowest BCUT2D eigenvalue weighted by Gasteiger charge is -2.42. The van der Waals surface area contributed by atoms with Crippen molar-refractivity contribution in [3.63, 3.8) is 0 Å². The molecule has 170 valence electrons. The first-order valence-corrected chi connectivity index (χ1v) is 11.0. The highest BCUT2D eigenvalue weighted by Gasteiger charge is 2.51. The van der Waals surface area contributed by atoms with Gasteiger partial charge in [0.25, 0.3) is 5.91 Å². The maximum atomic E-state index is 13.6. The Morgan fingerprint density at radius 2 is 1.75 bits per heavy atom. The Balaban J connectivity index is 1.65. The van der Waals surface area contributed by atoms with Gasteiger partial charge in [-0.15, -0.1) is 0 Å². The summed E-state index contributed by atoms with van der Waals surface area (Å²) in [5, 5.41) is 8.98. The summed E-state index contributed by atoms with van der Waals surface area (Å²) < 4.78 is 11.1. The molecule has 0 unspecified atom stereocenters. The number of piperidine rings is 1. The molecule has 32 heavy (non-hydrogen) atoms. The van der Waals surface area contributed by atoms with Crippen LogP contribution in [0.4, 0.5) is 5.69 Å². The number of rotatable bonds is 6. The molecular formula is C25H30N2O5. The fourth-order valence-electron chi connectivity index (χ4n) is 5.29. The Kier molecular flexibility index (Phi) is 6.00. The Labute approximate surface area is 188 Å². The second-order valence-electron chi connectivity index (χ2n) is 9.01. The number of hydrogen-bond donors (Lipinski definition) is 1. The minimum absolute atomic E-state index is 0.0451. The largest absolute Gasteiger partial charge is 0.495 e. The van der Waals surface area contributed by atoms with Crippen LogP contribution in [-0.4, -0.2) is 59.8 Å². The molecule has 2 aliphatic heterocycles. The van der Waals surface area contributed by atoms with Gasteiger partial charge in [-0.2, -0.15) is 0 Å². The van der Waals surface area contributed by atoms with Crippen molar-refractivity contribution in [3.8, 4) is 11.5 Å². The summed E-state index contributed by atoms with van der Waals surface area (Å²) in [6, 6.07) is 15.1. The van der Waals surface area contributed by atoms with Gasteiger partial charge in [-0.3, -0.25) is 4.79 Å². The SMILES string of the molecule is COc1ccccc1N1[C@H]2CCCN(C(=O)c3ccccc3OCC(=O)O)[C@H]2CC1(C)C. The summed E-state index contributed by atoms with van der Waals surface area (Å²) in [4.78, 5) is 29.0. The quantitative estimate of drug-likeness (QED) is 0.739. The maximum Gasteiger partial charge on any atom is 0.341 e. The molecule has 0 saturated carbocycles. The zero-order valence-electron chi connectivity index (χ0n) is 18.8. The molecule has 0 aromatic heterocycles. The number of ether oxygens (including phenoxy) is 2. The average Bonchev–Trinajstić information content (AvgIpc) is 3.06. The zero-order chi connectivity index (χ0) is 22.9. The molecular weight excluding hydrogens is 408 g/mol. The van der Waals surface area contributed by atoms with E-state index in [1.54, 1.807) is 31.4 Å². The molecule has 0 aliphatic carbocycles. The van der Waals surface area contributed by atoms with Gasteiger partial charge in [-0.05, 0) is 57.4 Å². The van der Waals surface area contributed by atoms with Crippen molar-refractivity contribution in [1.82, 2.24) is 4.90 Å². The van der Waals surface area contributed by atoms with Crippen LogP contribution in [0.25, 0.3) is 0 Å². The second-order valence-corrected chi connectivity index (χ2v) is 9.01. The van der Waals surface area contributed by atoms with E-state index in [9.17, 15) is 9.59 Å². The summed E-state index contributed by atoms with van der Waals surface area (Å²) in [6.45, 7) is 4.61.